The van der Waals surface area contributed by atoms with Gasteiger partial charge < -0.3 is 0 Å². The second-order valence-electron chi connectivity index (χ2n) is 5.57. The summed E-state index contributed by atoms with van der Waals surface area (Å²) in [6, 6.07) is 0.396. The van der Waals surface area contributed by atoms with E-state index in [1.165, 1.54) is 25.7 Å². The molecule has 0 aromatic rings. The SMILES string of the molecule is CCN(CC)C(C)(C)C(CCC1CC1)NN. The van der Waals surface area contributed by atoms with Crippen LogP contribution < -0.4 is 11.3 Å². The quantitative estimate of drug-likeness (QED) is 0.493. The van der Waals surface area contributed by atoms with Crippen molar-refractivity contribution in [1.82, 2.24) is 10.3 Å². The van der Waals surface area contributed by atoms with Gasteiger partial charge in [0.15, 0.2) is 0 Å². The van der Waals surface area contributed by atoms with Gasteiger partial charge in [0, 0.05) is 11.6 Å². The maximum atomic E-state index is 5.74. The lowest BCUT2D eigenvalue weighted by atomic mass is 9.88. The molecule has 3 N–H and O–H groups in total. The van der Waals surface area contributed by atoms with Crippen molar-refractivity contribution in [3.63, 3.8) is 0 Å². The Labute approximate surface area is 101 Å². The second-order valence-corrected chi connectivity index (χ2v) is 5.57. The van der Waals surface area contributed by atoms with E-state index in [0.717, 1.165) is 19.0 Å². The zero-order chi connectivity index (χ0) is 12.2. The van der Waals surface area contributed by atoms with Gasteiger partial charge in [-0.15, -0.1) is 0 Å². The van der Waals surface area contributed by atoms with Crippen molar-refractivity contribution in [3.8, 4) is 0 Å². The van der Waals surface area contributed by atoms with Crippen molar-refractivity contribution in [3.05, 3.63) is 0 Å². The number of likely N-dealkylation sites (N-methyl/N-ethyl adjacent to an activating group) is 1. The van der Waals surface area contributed by atoms with E-state index in [2.05, 4.69) is 38.0 Å². The van der Waals surface area contributed by atoms with Gasteiger partial charge in [-0.05, 0) is 45.7 Å². The summed E-state index contributed by atoms with van der Waals surface area (Å²) in [5.74, 6) is 6.73. The Kier molecular flexibility index (Phi) is 5.22. The Morgan fingerprint density at radius 2 is 1.88 bits per heavy atom. The van der Waals surface area contributed by atoms with Crippen molar-refractivity contribution < 1.29 is 0 Å². The Morgan fingerprint density at radius 1 is 1.31 bits per heavy atom. The zero-order valence-corrected chi connectivity index (χ0v) is 11.4. The van der Waals surface area contributed by atoms with Gasteiger partial charge in [-0.2, -0.15) is 0 Å². The second kappa shape index (κ2) is 5.99. The first kappa shape index (κ1) is 13.9. The summed E-state index contributed by atoms with van der Waals surface area (Å²) in [5.41, 5.74) is 3.18. The predicted molar refractivity (Wildman–Crippen MR) is 70.1 cm³/mol. The van der Waals surface area contributed by atoms with Crippen LogP contribution in [0, 0.1) is 5.92 Å². The van der Waals surface area contributed by atoms with Crippen LogP contribution in [0.15, 0.2) is 0 Å². The van der Waals surface area contributed by atoms with E-state index in [0.29, 0.717) is 6.04 Å². The standard InChI is InChI=1S/C13H29N3/c1-5-16(6-2)13(3,4)12(15-14)10-9-11-7-8-11/h11-12,15H,5-10,14H2,1-4H3. The van der Waals surface area contributed by atoms with Crippen molar-refractivity contribution in [2.24, 2.45) is 11.8 Å². The molecule has 3 heteroatoms. The minimum Gasteiger partial charge on any atom is -0.297 e. The van der Waals surface area contributed by atoms with Gasteiger partial charge in [-0.25, -0.2) is 0 Å². The lowest BCUT2D eigenvalue weighted by Crippen LogP contribution is -2.59. The fourth-order valence-electron chi connectivity index (χ4n) is 2.71. The van der Waals surface area contributed by atoms with Gasteiger partial charge in [0.05, 0.1) is 0 Å². The van der Waals surface area contributed by atoms with Crippen molar-refractivity contribution >= 4 is 0 Å². The molecule has 0 aromatic heterocycles. The van der Waals surface area contributed by atoms with Crippen molar-refractivity contribution in [2.75, 3.05) is 13.1 Å². The van der Waals surface area contributed by atoms with E-state index in [4.69, 9.17) is 5.84 Å². The molecule has 0 bridgehead atoms. The number of hydrogen-bond acceptors (Lipinski definition) is 3. The van der Waals surface area contributed by atoms with E-state index in [-0.39, 0.29) is 5.54 Å². The maximum Gasteiger partial charge on any atom is 0.0389 e. The first-order chi connectivity index (χ1) is 7.56. The van der Waals surface area contributed by atoms with E-state index in [1.54, 1.807) is 0 Å². The van der Waals surface area contributed by atoms with Crippen LogP contribution in [0.3, 0.4) is 0 Å². The molecule has 1 aliphatic rings. The summed E-state index contributed by atoms with van der Waals surface area (Å²) >= 11 is 0. The third-order valence-electron chi connectivity index (χ3n) is 4.19. The molecular weight excluding hydrogens is 198 g/mol. The van der Waals surface area contributed by atoms with Crippen LogP contribution in [0.1, 0.15) is 53.4 Å². The van der Waals surface area contributed by atoms with E-state index in [1.807, 2.05) is 0 Å². The summed E-state index contributed by atoms with van der Waals surface area (Å²) in [6.45, 7) is 11.2. The summed E-state index contributed by atoms with van der Waals surface area (Å²) in [6.07, 6.45) is 5.40. The van der Waals surface area contributed by atoms with E-state index in [9.17, 15) is 0 Å². The Morgan fingerprint density at radius 3 is 2.25 bits per heavy atom. The molecule has 0 amide bonds. The normalized spacial score (nSPS) is 19.1. The molecule has 0 aliphatic heterocycles. The topological polar surface area (TPSA) is 41.3 Å². The molecule has 96 valence electrons. The monoisotopic (exact) mass is 227 g/mol. The molecule has 0 radical (unpaired) electrons. The highest BCUT2D eigenvalue weighted by molar-refractivity contribution is 4.93. The molecular formula is C13H29N3. The molecule has 0 heterocycles. The Hall–Kier alpha value is -0.120. The smallest absolute Gasteiger partial charge is 0.0389 e. The highest BCUT2D eigenvalue weighted by Crippen LogP contribution is 2.35. The summed E-state index contributed by atoms with van der Waals surface area (Å²) in [5, 5.41) is 0. The van der Waals surface area contributed by atoms with Crippen LogP contribution in [0.2, 0.25) is 0 Å². The molecule has 1 saturated carbocycles. The number of nitrogens with one attached hydrogen (secondary N) is 1. The number of nitrogens with two attached hydrogens (primary N) is 1. The molecule has 1 atom stereocenters. The van der Waals surface area contributed by atoms with Gasteiger partial charge in [0.25, 0.3) is 0 Å². The number of rotatable bonds is 8. The predicted octanol–water partition coefficient (Wildman–Crippen LogP) is 2.13. The van der Waals surface area contributed by atoms with Crippen LogP contribution in [0.25, 0.3) is 0 Å². The fraction of sp³-hybridized carbons (Fsp3) is 1.00. The van der Waals surface area contributed by atoms with Gasteiger partial charge >= 0.3 is 0 Å². The molecule has 1 fully saturated rings. The van der Waals surface area contributed by atoms with Gasteiger partial charge in [-0.3, -0.25) is 16.2 Å². The fourth-order valence-corrected chi connectivity index (χ4v) is 2.71. The third kappa shape index (κ3) is 3.44. The van der Waals surface area contributed by atoms with Crippen LogP contribution in [0.4, 0.5) is 0 Å². The highest BCUT2D eigenvalue weighted by Gasteiger charge is 2.34. The molecule has 0 aromatic carbocycles. The molecule has 3 nitrogen and oxygen atoms in total. The minimum atomic E-state index is 0.146. The molecule has 1 unspecified atom stereocenters. The maximum absolute atomic E-state index is 5.74. The molecule has 0 spiro atoms. The third-order valence-corrected chi connectivity index (χ3v) is 4.19. The molecule has 1 rings (SSSR count). The van der Waals surface area contributed by atoms with Crippen LogP contribution in [-0.2, 0) is 0 Å². The number of hydrazine groups is 1. The van der Waals surface area contributed by atoms with Crippen LogP contribution >= 0.6 is 0 Å². The largest absolute Gasteiger partial charge is 0.297 e. The number of hydrogen-bond donors (Lipinski definition) is 2. The van der Waals surface area contributed by atoms with Crippen LogP contribution in [0.5, 0.6) is 0 Å². The first-order valence-electron chi connectivity index (χ1n) is 6.77. The Balaban J connectivity index is 2.51. The van der Waals surface area contributed by atoms with Crippen molar-refractivity contribution in [1.29, 1.82) is 0 Å². The average Bonchev–Trinajstić information content (AvgIpc) is 3.03. The average molecular weight is 227 g/mol. The van der Waals surface area contributed by atoms with Crippen molar-refractivity contribution in [2.45, 2.75) is 65.0 Å². The summed E-state index contributed by atoms with van der Waals surface area (Å²) < 4.78 is 0. The summed E-state index contributed by atoms with van der Waals surface area (Å²) in [7, 11) is 0. The molecule has 16 heavy (non-hydrogen) atoms. The highest BCUT2D eigenvalue weighted by atomic mass is 15.3. The van der Waals surface area contributed by atoms with Gasteiger partial charge in [0.1, 0.15) is 0 Å². The first-order valence-corrected chi connectivity index (χ1v) is 6.77. The Bertz CT molecular complexity index is 195. The van der Waals surface area contributed by atoms with Gasteiger partial charge in [0.2, 0.25) is 0 Å². The summed E-state index contributed by atoms with van der Waals surface area (Å²) in [4.78, 5) is 2.49. The zero-order valence-electron chi connectivity index (χ0n) is 11.4. The molecule has 1 aliphatic carbocycles. The lowest BCUT2D eigenvalue weighted by Gasteiger charge is -2.43. The van der Waals surface area contributed by atoms with E-state index < -0.39 is 0 Å². The lowest BCUT2D eigenvalue weighted by molar-refractivity contribution is 0.0860. The minimum absolute atomic E-state index is 0.146. The molecule has 0 saturated heterocycles. The van der Waals surface area contributed by atoms with E-state index >= 15 is 0 Å². The van der Waals surface area contributed by atoms with Gasteiger partial charge in [-0.1, -0.05) is 26.7 Å². The number of nitrogens with zero attached hydrogens (tertiary/aromatic N) is 1. The van der Waals surface area contributed by atoms with Crippen LogP contribution in [-0.4, -0.2) is 29.6 Å².